The second-order valence-electron chi connectivity index (χ2n) is 7.08. The monoisotopic (exact) mass is 375 g/mol. The fourth-order valence-electron chi connectivity index (χ4n) is 3.30. The predicted molar refractivity (Wildman–Crippen MR) is 107 cm³/mol. The molecule has 2 aromatic carbocycles. The number of hydrogen-bond acceptors (Lipinski definition) is 6. The summed E-state index contributed by atoms with van der Waals surface area (Å²) >= 11 is 0. The van der Waals surface area contributed by atoms with Gasteiger partial charge in [-0.25, -0.2) is 4.98 Å². The Bertz CT molecular complexity index is 1090. The van der Waals surface area contributed by atoms with Crippen molar-refractivity contribution < 1.29 is 14.0 Å². The maximum atomic E-state index is 12.7. The van der Waals surface area contributed by atoms with Crippen LogP contribution in [0.25, 0.3) is 10.8 Å². The molecule has 1 aliphatic rings. The molecular weight excluding hydrogens is 354 g/mol. The summed E-state index contributed by atoms with van der Waals surface area (Å²) in [7, 11) is 3.88. The second kappa shape index (κ2) is 7.40. The third-order valence-electron chi connectivity index (χ3n) is 4.73. The lowest BCUT2D eigenvalue weighted by Crippen LogP contribution is -2.31. The quantitative estimate of drug-likeness (QED) is 0.714. The number of carbonyl (C=O) groups is 2. The summed E-state index contributed by atoms with van der Waals surface area (Å²) in [4.78, 5) is 31.4. The minimum Gasteiger partial charge on any atom is -0.436 e. The number of rotatable bonds is 6. The fraction of sp³-hybridized carbons (Fsp3) is 0.227. The molecule has 1 aromatic heterocycles. The molecule has 6 heteroatoms. The van der Waals surface area contributed by atoms with Crippen LogP contribution in [0.15, 0.2) is 58.7 Å². The highest BCUT2D eigenvalue weighted by molar-refractivity contribution is 6.22. The molecule has 0 fully saturated rings. The Labute approximate surface area is 162 Å². The van der Waals surface area contributed by atoms with Crippen LogP contribution in [0.4, 0.5) is 0 Å². The van der Waals surface area contributed by atoms with Crippen molar-refractivity contribution in [3.05, 3.63) is 77.1 Å². The number of fused-ring (bicyclic) bond motifs is 2. The molecule has 1 aliphatic carbocycles. The van der Waals surface area contributed by atoms with E-state index in [2.05, 4.69) is 10.3 Å². The van der Waals surface area contributed by atoms with Crippen LogP contribution < -0.4 is 5.32 Å². The number of Topliss-reactive ketones (excluding diaryl/α,β-unsaturated/α-hetero) is 1. The van der Waals surface area contributed by atoms with Gasteiger partial charge < -0.3 is 14.6 Å². The number of hydrogen-bond donors (Lipinski definition) is 1. The summed E-state index contributed by atoms with van der Waals surface area (Å²) in [5, 5.41) is 5.24. The van der Waals surface area contributed by atoms with E-state index in [0.717, 1.165) is 22.9 Å². The number of aromatic nitrogens is 1. The highest BCUT2D eigenvalue weighted by Crippen LogP contribution is 2.25. The van der Waals surface area contributed by atoms with Crippen molar-refractivity contribution in [2.45, 2.75) is 6.42 Å². The molecule has 0 atom stereocenters. The van der Waals surface area contributed by atoms with Gasteiger partial charge in [-0.1, -0.05) is 42.5 Å². The topological polar surface area (TPSA) is 75.4 Å². The van der Waals surface area contributed by atoms with Crippen molar-refractivity contribution in [3.63, 3.8) is 0 Å². The van der Waals surface area contributed by atoms with Gasteiger partial charge in [-0.2, -0.15) is 0 Å². The molecule has 0 saturated heterocycles. The maximum Gasteiger partial charge on any atom is 0.246 e. The van der Waals surface area contributed by atoms with E-state index in [1.807, 2.05) is 61.5 Å². The molecular formula is C22H21N3O3. The number of allylic oxidation sites excluding steroid dienone is 2. The Morgan fingerprint density at radius 1 is 1.07 bits per heavy atom. The van der Waals surface area contributed by atoms with E-state index in [-0.39, 0.29) is 28.7 Å². The zero-order valence-electron chi connectivity index (χ0n) is 15.9. The lowest BCUT2D eigenvalue weighted by molar-refractivity contribution is 0.0955. The number of ketones is 2. The molecule has 0 aliphatic heterocycles. The number of benzene rings is 2. The smallest absolute Gasteiger partial charge is 0.246 e. The van der Waals surface area contributed by atoms with Gasteiger partial charge in [0.15, 0.2) is 11.6 Å². The molecule has 0 radical (unpaired) electrons. The standard InChI is InChI=1S/C22H21N3O3/c1-25(2)11-10-23-17-13-18(26)20-22(21(17)27)28-19(24-20)12-15-8-5-7-14-6-3-4-9-16(14)15/h3-9,13,23H,10-12H2,1-2H3. The summed E-state index contributed by atoms with van der Waals surface area (Å²) < 4.78 is 5.73. The van der Waals surface area contributed by atoms with Crippen LogP contribution >= 0.6 is 0 Å². The first kappa shape index (κ1) is 18.1. The molecule has 3 aromatic rings. The Hall–Kier alpha value is -3.25. The van der Waals surface area contributed by atoms with Crippen molar-refractivity contribution >= 4 is 22.3 Å². The highest BCUT2D eigenvalue weighted by atomic mass is 16.4. The van der Waals surface area contributed by atoms with Crippen LogP contribution in [0, 0.1) is 0 Å². The average molecular weight is 375 g/mol. The number of likely N-dealkylation sites (N-methyl/N-ethyl adjacent to an activating group) is 1. The van der Waals surface area contributed by atoms with Crippen molar-refractivity contribution in [2.75, 3.05) is 27.2 Å². The fourth-order valence-corrected chi connectivity index (χ4v) is 3.30. The molecule has 1 N–H and O–H groups in total. The first-order valence-electron chi connectivity index (χ1n) is 9.18. The number of carbonyl (C=O) groups excluding carboxylic acids is 2. The van der Waals surface area contributed by atoms with Gasteiger partial charge in [0.05, 0.1) is 12.1 Å². The van der Waals surface area contributed by atoms with Crippen LogP contribution in [0.3, 0.4) is 0 Å². The molecule has 1 heterocycles. The minimum absolute atomic E-state index is 0.0232. The molecule has 0 amide bonds. The van der Waals surface area contributed by atoms with Crippen molar-refractivity contribution in [1.82, 2.24) is 15.2 Å². The van der Waals surface area contributed by atoms with Crippen LogP contribution in [0.1, 0.15) is 32.5 Å². The van der Waals surface area contributed by atoms with Crippen molar-refractivity contribution in [2.24, 2.45) is 0 Å². The third-order valence-corrected chi connectivity index (χ3v) is 4.73. The van der Waals surface area contributed by atoms with Crippen LogP contribution in [0.5, 0.6) is 0 Å². The number of nitrogens with one attached hydrogen (secondary N) is 1. The van der Waals surface area contributed by atoms with Gasteiger partial charge in [-0.15, -0.1) is 0 Å². The summed E-state index contributed by atoms with van der Waals surface area (Å²) in [6.45, 7) is 1.30. The van der Waals surface area contributed by atoms with E-state index in [4.69, 9.17) is 4.42 Å². The average Bonchev–Trinajstić information content (AvgIpc) is 3.10. The van der Waals surface area contributed by atoms with Crippen LogP contribution in [-0.4, -0.2) is 48.6 Å². The van der Waals surface area contributed by atoms with Gasteiger partial charge in [0.25, 0.3) is 0 Å². The van der Waals surface area contributed by atoms with E-state index < -0.39 is 0 Å². The lowest BCUT2D eigenvalue weighted by Gasteiger charge is -2.14. The SMILES string of the molecule is CN(C)CCNC1=CC(=O)c2nc(Cc3cccc4ccccc34)oc2C1=O. The molecule has 4 rings (SSSR count). The summed E-state index contributed by atoms with van der Waals surface area (Å²) in [6, 6.07) is 14.1. The highest BCUT2D eigenvalue weighted by Gasteiger charge is 2.31. The first-order valence-corrected chi connectivity index (χ1v) is 9.18. The third kappa shape index (κ3) is 3.46. The largest absolute Gasteiger partial charge is 0.436 e. The van der Waals surface area contributed by atoms with E-state index in [9.17, 15) is 9.59 Å². The van der Waals surface area contributed by atoms with Gasteiger partial charge in [0.1, 0.15) is 0 Å². The van der Waals surface area contributed by atoms with Gasteiger partial charge in [0.2, 0.25) is 17.3 Å². The lowest BCUT2D eigenvalue weighted by atomic mass is 10.0. The molecule has 0 bridgehead atoms. The molecule has 0 spiro atoms. The van der Waals surface area contributed by atoms with E-state index in [0.29, 0.717) is 18.9 Å². The zero-order chi connectivity index (χ0) is 19.7. The van der Waals surface area contributed by atoms with E-state index >= 15 is 0 Å². The summed E-state index contributed by atoms with van der Waals surface area (Å²) in [6.07, 6.45) is 1.73. The maximum absolute atomic E-state index is 12.7. The number of oxazole rings is 1. The molecule has 0 unspecified atom stereocenters. The van der Waals surface area contributed by atoms with Crippen molar-refractivity contribution in [3.8, 4) is 0 Å². The molecule has 28 heavy (non-hydrogen) atoms. The Morgan fingerprint density at radius 3 is 2.68 bits per heavy atom. The first-order chi connectivity index (χ1) is 13.5. The summed E-state index contributed by atoms with van der Waals surface area (Å²) in [5.41, 5.74) is 1.39. The van der Waals surface area contributed by atoms with Crippen LogP contribution in [0.2, 0.25) is 0 Å². The normalized spacial score (nSPS) is 13.8. The molecule has 142 valence electrons. The molecule has 0 saturated carbocycles. The second-order valence-corrected chi connectivity index (χ2v) is 7.08. The predicted octanol–water partition coefficient (Wildman–Crippen LogP) is 2.83. The van der Waals surface area contributed by atoms with Gasteiger partial charge in [0, 0.05) is 19.2 Å². The Morgan fingerprint density at radius 2 is 1.86 bits per heavy atom. The Balaban J connectivity index is 1.58. The number of nitrogens with zero attached hydrogens (tertiary/aromatic N) is 2. The zero-order valence-corrected chi connectivity index (χ0v) is 15.9. The van der Waals surface area contributed by atoms with Gasteiger partial charge in [-0.05, 0) is 30.4 Å². The van der Waals surface area contributed by atoms with E-state index in [1.165, 1.54) is 6.08 Å². The summed E-state index contributed by atoms with van der Waals surface area (Å²) in [5.74, 6) is -0.249. The Kier molecular flexibility index (Phi) is 4.79. The van der Waals surface area contributed by atoms with Crippen molar-refractivity contribution in [1.29, 1.82) is 0 Å². The van der Waals surface area contributed by atoms with Crippen LogP contribution in [-0.2, 0) is 6.42 Å². The van der Waals surface area contributed by atoms with E-state index in [1.54, 1.807) is 0 Å². The molecule has 6 nitrogen and oxygen atoms in total. The minimum atomic E-state index is -0.329. The van der Waals surface area contributed by atoms with Gasteiger partial charge in [-0.3, -0.25) is 9.59 Å². The van der Waals surface area contributed by atoms with Gasteiger partial charge >= 0.3 is 0 Å².